The number of imidazole rings is 1. The number of aromatic nitrogens is 3. The second-order valence-electron chi connectivity index (χ2n) is 9.59. The average Bonchev–Trinajstić information content (AvgIpc) is 3.37. The van der Waals surface area contributed by atoms with Crippen LogP contribution in [0.25, 0.3) is 11.0 Å². The van der Waals surface area contributed by atoms with E-state index in [9.17, 15) is 5.26 Å². The quantitative estimate of drug-likeness (QED) is 0.224. The molecule has 5 rings (SSSR count). The van der Waals surface area contributed by atoms with Gasteiger partial charge in [-0.2, -0.15) is 5.26 Å². The summed E-state index contributed by atoms with van der Waals surface area (Å²) in [5.41, 5.74) is 8.49. The largest absolute Gasteiger partial charge is 0.497 e. The van der Waals surface area contributed by atoms with Crippen LogP contribution < -0.4 is 19.7 Å². The van der Waals surface area contributed by atoms with Gasteiger partial charge < -0.3 is 24.3 Å². The zero-order valence-corrected chi connectivity index (χ0v) is 23.2. The molecule has 0 atom stereocenters. The topological polar surface area (TPSA) is 88.2 Å². The van der Waals surface area contributed by atoms with Crippen molar-refractivity contribution < 1.29 is 9.47 Å². The molecular weight excluding hydrogens is 500 g/mol. The maximum Gasteiger partial charge on any atom is 0.140 e. The van der Waals surface area contributed by atoms with E-state index in [1.165, 1.54) is 0 Å². The average molecular weight is 533 g/mol. The summed E-state index contributed by atoms with van der Waals surface area (Å²) >= 11 is 0. The van der Waals surface area contributed by atoms with Gasteiger partial charge >= 0.3 is 0 Å². The van der Waals surface area contributed by atoms with Gasteiger partial charge in [-0.25, -0.2) is 9.97 Å². The minimum atomic E-state index is 0.412. The van der Waals surface area contributed by atoms with Gasteiger partial charge in [0.15, 0.2) is 0 Å². The number of benzene rings is 3. The molecule has 0 amide bonds. The van der Waals surface area contributed by atoms with Crippen molar-refractivity contribution in [3.05, 3.63) is 102 Å². The summed E-state index contributed by atoms with van der Waals surface area (Å²) in [7, 11) is 5.35. The lowest BCUT2D eigenvalue weighted by Gasteiger charge is -2.27. The van der Waals surface area contributed by atoms with E-state index >= 15 is 0 Å². The van der Waals surface area contributed by atoms with Gasteiger partial charge in [0.05, 0.1) is 43.6 Å². The summed E-state index contributed by atoms with van der Waals surface area (Å²) in [6.45, 7) is 3.41. The molecule has 0 aliphatic rings. The first-order chi connectivity index (χ1) is 19.5. The molecule has 2 heterocycles. The molecule has 5 aromatic rings. The van der Waals surface area contributed by atoms with Crippen molar-refractivity contribution in [2.24, 2.45) is 7.05 Å². The van der Waals surface area contributed by atoms with E-state index in [4.69, 9.17) is 14.5 Å². The first kappa shape index (κ1) is 26.6. The molecule has 0 saturated carbocycles. The van der Waals surface area contributed by atoms with Crippen LogP contribution >= 0.6 is 0 Å². The highest BCUT2D eigenvalue weighted by atomic mass is 16.5. The Balaban J connectivity index is 1.58. The molecule has 0 aliphatic carbocycles. The molecule has 1 N–H and O–H groups in total. The number of hydrogen-bond acceptors (Lipinski definition) is 7. The van der Waals surface area contributed by atoms with E-state index in [0.717, 1.165) is 62.7 Å². The highest BCUT2D eigenvalue weighted by Crippen LogP contribution is 2.34. The predicted octanol–water partition coefficient (Wildman–Crippen LogP) is 6.37. The van der Waals surface area contributed by atoms with Crippen molar-refractivity contribution in [2.45, 2.75) is 26.4 Å². The van der Waals surface area contributed by atoms with Crippen LogP contribution in [0.4, 0.5) is 17.1 Å². The van der Waals surface area contributed by atoms with Gasteiger partial charge in [0, 0.05) is 25.8 Å². The van der Waals surface area contributed by atoms with Crippen molar-refractivity contribution in [1.29, 1.82) is 5.26 Å². The maximum atomic E-state index is 9.30. The van der Waals surface area contributed by atoms with Crippen LogP contribution in [0.5, 0.6) is 11.5 Å². The molecule has 0 bridgehead atoms. The first-order valence-corrected chi connectivity index (χ1v) is 13.1. The third-order valence-electron chi connectivity index (χ3n) is 6.98. The molecule has 40 heavy (non-hydrogen) atoms. The van der Waals surface area contributed by atoms with Gasteiger partial charge in [-0.05, 0) is 65.6 Å². The zero-order chi connectivity index (χ0) is 28.1. The Bertz CT molecular complexity index is 1600. The van der Waals surface area contributed by atoms with Gasteiger partial charge in [-0.15, -0.1) is 0 Å². The molecular formula is C32H32N6O2. The standard InChI is InChI=1S/C32H32N6O2/c1-5-24-14-26(17-33)34-18-29(24)36-25-15-30-32(35-21-37(30)2)31(16-25)38(19-22-6-10-27(39-3)11-7-22)20-23-8-12-28(40-4)13-9-23/h6-16,18,21,36H,5,19-20H2,1-4H3. The fraction of sp³-hybridized carbons (Fsp3) is 0.219. The van der Waals surface area contributed by atoms with Crippen molar-refractivity contribution in [3.8, 4) is 17.6 Å². The van der Waals surface area contributed by atoms with Crippen molar-refractivity contribution in [3.63, 3.8) is 0 Å². The Morgan fingerprint density at radius 2 is 1.52 bits per heavy atom. The smallest absolute Gasteiger partial charge is 0.140 e. The Labute approximate surface area is 234 Å². The molecule has 2 aromatic heterocycles. The third kappa shape index (κ3) is 5.69. The fourth-order valence-electron chi connectivity index (χ4n) is 4.77. The normalized spacial score (nSPS) is 10.8. The number of anilines is 3. The van der Waals surface area contributed by atoms with Gasteiger partial charge in [0.2, 0.25) is 0 Å². The summed E-state index contributed by atoms with van der Waals surface area (Å²) in [5.74, 6) is 1.65. The lowest BCUT2D eigenvalue weighted by molar-refractivity contribution is 0.414. The Morgan fingerprint density at radius 1 is 0.900 bits per heavy atom. The number of methoxy groups -OCH3 is 2. The van der Waals surface area contributed by atoms with Crippen LogP contribution in [0.2, 0.25) is 0 Å². The van der Waals surface area contributed by atoms with E-state index in [0.29, 0.717) is 18.8 Å². The molecule has 0 fully saturated rings. The second-order valence-corrected chi connectivity index (χ2v) is 9.59. The Hall–Kier alpha value is -5.03. The predicted molar refractivity (Wildman–Crippen MR) is 158 cm³/mol. The van der Waals surface area contributed by atoms with Gasteiger partial charge in [-0.3, -0.25) is 0 Å². The van der Waals surface area contributed by atoms with Crippen LogP contribution in [0, 0.1) is 11.3 Å². The number of fused-ring (bicyclic) bond motifs is 1. The van der Waals surface area contributed by atoms with Crippen LogP contribution in [0.1, 0.15) is 29.3 Å². The third-order valence-corrected chi connectivity index (χ3v) is 6.98. The lowest BCUT2D eigenvalue weighted by atomic mass is 10.1. The summed E-state index contributed by atoms with van der Waals surface area (Å²) in [6.07, 6.45) is 4.36. The number of ether oxygens (including phenoxy) is 2. The number of nitriles is 1. The molecule has 202 valence electrons. The van der Waals surface area contributed by atoms with E-state index in [-0.39, 0.29) is 0 Å². The van der Waals surface area contributed by atoms with E-state index in [1.807, 2.05) is 48.3 Å². The number of nitrogens with one attached hydrogen (secondary N) is 1. The van der Waals surface area contributed by atoms with Crippen molar-refractivity contribution >= 4 is 28.1 Å². The van der Waals surface area contributed by atoms with Crippen LogP contribution in [0.3, 0.4) is 0 Å². The van der Waals surface area contributed by atoms with Gasteiger partial charge in [0.25, 0.3) is 0 Å². The number of nitrogens with zero attached hydrogens (tertiary/aromatic N) is 5. The molecule has 8 heteroatoms. The number of pyridine rings is 1. The summed E-state index contributed by atoms with van der Waals surface area (Å²) < 4.78 is 12.8. The van der Waals surface area contributed by atoms with E-state index < -0.39 is 0 Å². The number of rotatable bonds is 10. The second kappa shape index (κ2) is 11.8. The zero-order valence-electron chi connectivity index (χ0n) is 23.2. The Kier molecular flexibility index (Phi) is 7.83. The summed E-state index contributed by atoms with van der Waals surface area (Å²) in [6, 6.07) is 24.5. The van der Waals surface area contributed by atoms with Crippen LogP contribution in [-0.2, 0) is 26.6 Å². The van der Waals surface area contributed by atoms with Crippen LogP contribution in [0.15, 0.2) is 79.3 Å². The lowest BCUT2D eigenvalue weighted by Crippen LogP contribution is -2.22. The molecule has 0 radical (unpaired) electrons. The maximum absolute atomic E-state index is 9.30. The fourth-order valence-corrected chi connectivity index (χ4v) is 4.77. The number of hydrogen-bond donors (Lipinski definition) is 1. The first-order valence-electron chi connectivity index (χ1n) is 13.1. The molecule has 8 nitrogen and oxygen atoms in total. The SMILES string of the molecule is CCc1cc(C#N)ncc1Nc1cc(N(Cc2ccc(OC)cc2)Cc2ccc(OC)cc2)c2ncn(C)c2c1. The summed E-state index contributed by atoms with van der Waals surface area (Å²) in [5, 5.41) is 12.9. The minimum Gasteiger partial charge on any atom is -0.497 e. The molecule has 0 saturated heterocycles. The van der Waals surface area contributed by atoms with Gasteiger partial charge in [0.1, 0.15) is 28.8 Å². The summed E-state index contributed by atoms with van der Waals surface area (Å²) in [4.78, 5) is 11.4. The van der Waals surface area contributed by atoms with E-state index in [1.54, 1.807) is 20.4 Å². The molecule has 3 aromatic carbocycles. The molecule has 0 aliphatic heterocycles. The highest BCUT2D eigenvalue weighted by molar-refractivity contribution is 5.93. The minimum absolute atomic E-state index is 0.412. The van der Waals surface area contributed by atoms with Gasteiger partial charge in [-0.1, -0.05) is 31.2 Å². The van der Waals surface area contributed by atoms with Crippen LogP contribution in [-0.4, -0.2) is 28.8 Å². The molecule has 0 spiro atoms. The molecule has 0 unspecified atom stereocenters. The Morgan fingerprint density at radius 3 is 2.08 bits per heavy atom. The van der Waals surface area contributed by atoms with E-state index in [2.05, 4.69) is 64.6 Å². The highest BCUT2D eigenvalue weighted by Gasteiger charge is 2.17. The van der Waals surface area contributed by atoms with Crippen molar-refractivity contribution in [1.82, 2.24) is 14.5 Å². The number of aryl methyl sites for hydroxylation is 2. The van der Waals surface area contributed by atoms with Crippen molar-refractivity contribution in [2.75, 3.05) is 24.4 Å². The monoisotopic (exact) mass is 532 g/mol.